The van der Waals surface area contributed by atoms with Gasteiger partial charge in [0, 0.05) is 25.9 Å². The lowest BCUT2D eigenvalue weighted by atomic mass is 9.98. The summed E-state index contributed by atoms with van der Waals surface area (Å²) >= 11 is 0. The minimum atomic E-state index is -3.30. The SMILES string of the molecule is CS(=O)(=O)CC(=O)N1CCCC(CNCC(=O)O)C1. The Bertz CT molecular complexity index is 434. The number of carboxylic acid groups (broad SMARTS) is 1. The molecule has 1 aliphatic heterocycles. The van der Waals surface area contributed by atoms with Crippen LogP contribution in [-0.2, 0) is 19.4 Å². The summed E-state index contributed by atoms with van der Waals surface area (Å²) in [6, 6.07) is 0. The smallest absolute Gasteiger partial charge is 0.317 e. The molecule has 1 amide bonds. The fraction of sp³-hybridized carbons (Fsp3) is 0.818. The van der Waals surface area contributed by atoms with Crippen LogP contribution in [0.15, 0.2) is 0 Å². The predicted octanol–water partition coefficient (Wildman–Crippen LogP) is -1.06. The maximum Gasteiger partial charge on any atom is 0.317 e. The number of carbonyl (C=O) groups excluding carboxylic acids is 1. The van der Waals surface area contributed by atoms with Gasteiger partial charge in [0.1, 0.15) is 5.75 Å². The van der Waals surface area contributed by atoms with Crippen LogP contribution in [0.4, 0.5) is 0 Å². The molecule has 0 bridgehead atoms. The standard InChI is InChI=1S/C11H20N2O5S/c1-19(17,18)8-10(14)13-4-2-3-9(7-13)5-12-6-11(15)16/h9,12H,2-8H2,1H3,(H,15,16). The van der Waals surface area contributed by atoms with Gasteiger partial charge in [0.15, 0.2) is 9.84 Å². The minimum Gasteiger partial charge on any atom is -0.480 e. The van der Waals surface area contributed by atoms with Gasteiger partial charge < -0.3 is 15.3 Å². The number of piperidine rings is 1. The number of carboxylic acids is 1. The molecule has 0 aromatic rings. The first kappa shape index (κ1) is 15.9. The fourth-order valence-corrected chi connectivity index (χ4v) is 2.79. The molecule has 0 aromatic carbocycles. The molecule has 0 radical (unpaired) electrons. The summed E-state index contributed by atoms with van der Waals surface area (Å²) in [5, 5.41) is 11.3. The van der Waals surface area contributed by atoms with Gasteiger partial charge in [0.25, 0.3) is 0 Å². The van der Waals surface area contributed by atoms with E-state index < -0.39 is 21.6 Å². The Hall–Kier alpha value is -1.15. The molecular weight excluding hydrogens is 272 g/mol. The van der Waals surface area contributed by atoms with Crippen molar-refractivity contribution in [1.29, 1.82) is 0 Å². The molecular formula is C11H20N2O5S. The Balaban J connectivity index is 2.41. The third kappa shape index (κ3) is 6.53. The van der Waals surface area contributed by atoms with Crippen LogP contribution in [0, 0.1) is 5.92 Å². The number of sulfone groups is 1. The van der Waals surface area contributed by atoms with Crippen LogP contribution in [-0.4, -0.2) is 68.5 Å². The summed E-state index contributed by atoms with van der Waals surface area (Å²) in [5.41, 5.74) is 0. The van der Waals surface area contributed by atoms with E-state index in [0.29, 0.717) is 19.6 Å². The molecule has 1 heterocycles. The first-order chi connectivity index (χ1) is 8.78. The molecule has 0 aromatic heterocycles. The molecule has 1 rings (SSSR count). The summed E-state index contributed by atoms with van der Waals surface area (Å²) < 4.78 is 22.2. The summed E-state index contributed by atoms with van der Waals surface area (Å²) in [5.74, 6) is -1.56. The van der Waals surface area contributed by atoms with E-state index in [1.807, 2.05) is 0 Å². The molecule has 1 aliphatic rings. The van der Waals surface area contributed by atoms with Crippen LogP contribution in [0.25, 0.3) is 0 Å². The molecule has 0 saturated carbocycles. The topological polar surface area (TPSA) is 104 Å². The van der Waals surface area contributed by atoms with Crippen molar-refractivity contribution in [3.8, 4) is 0 Å². The van der Waals surface area contributed by atoms with Crippen LogP contribution < -0.4 is 5.32 Å². The normalized spacial score (nSPS) is 20.3. The van der Waals surface area contributed by atoms with E-state index in [1.165, 1.54) is 0 Å². The number of aliphatic carboxylic acids is 1. The second kappa shape index (κ2) is 6.85. The summed E-state index contributed by atoms with van der Waals surface area (Å²) in [6.07, 6.45) is 2.77. The Kier molecular flexibility index (Phi) is 5.74. The Morgan fingerprint density at radius 3 is 2.68 bits per heavy atom. The van der Waals surface area contributed by atoms with Crippen molar-refractivity contribution in [2.45, 2.75) is 12.8 Å². The lowest BCUT2D eigenvalue weighted by molar-refractivity contribution is -0.136. The zero-order valence-corrected chi connectivity index (χ0v) is 11.8. The molecule has 7 nitrogen and oxygen atoms in total. The van der Waals surface area contributed by atoms with E-state index >= 15 is 0 Å². The van der Waals surface area contributed by atoms with Gasteiger partial charge in [-0.3, -0.25) is 9.59 Å². The highest BCUT2D eigenvalue weighted by Gasteiger charge is 2.25. The van der Waals surface area contributed by atoms with Crippen LogP contribution in [0.5, 0.6) is 0 Å². The van der Waals surface area contributed by atoms with Gasteiger partial charge in [-0.25, -0.2) is 8.42 Å². The Labute approximate surface area is 112 Å². The zero-order chi connectivity index (χ0) is 14.5. The lowest BCUT2D eigenvalue weighted by Gasteiger charge is -2.32. The molecule has 0 aliphatic carbocycles. The first-order valence-electron chi connectivity index (χ1n) is 6.16. The van der Waals surface area contributed by atoms with Gasteiger partial charge >= 0.3 is 5.97 Å². The zero-order valence-electron chi connectivity index (χ0n) is 11.0. The number of likely N-dealkylation sites (tertiary alicyclic amines) is 1. The van der Waals surface area contributed by atoms with Crippen LogP contribution in [0.3, 0.4) is 0 Å². The Morgan fingerprint density at radius 1 is 1.42 bits per heavy atom. The van der Waals surface area contributed by atoms with E-state index in [4.69, 9.17) is 5.11 Å². The summed E-state index contributed by atoms with van der Waals surface area (Å²) in [7, 11) is -3.30. The molecule has 2 N–H and O–H groups in total. The van der Waals surface area contributed by atoms with Crippen LogP contribution >= 0.6 is 0 Å². The van der Waals surface area contributed by atoms with Gasteiger partial charge in [0.05, 0.1) is 6.54 Å². The maximum atomic E-state index is 11.8. The number of nitrogens with one attached hydrogen (secondary N) is 1. The third-order valence-corrected chi connectivity index (χ3v) is 3.74. The molecule has 1 atom stereocenters. The highest BCUT2D eigenvalue weighted by Crippen LogP contribution is 2.16. The minimum absolute atomic E-state index is 0.103. The summed E-state index contributed by atoms with van der Waals surface area (Å²) in [6.45, 7) is 1.48. The van der Waals surface area contributed by atoms with E-state index in [0.717, 1.165) is 19.1 Å². The molecule has 1 unspecified atom stereocenters. The second-order valence-corrected chi connectivity index (χ2v) is 7.08. The van der Waals surface area contributed by atoms with Gasteiger partial charge in [-0.15, -0.1) is 0 Å². The summed E-state index contributed by atoms with van der Waals surface area (Å²) in [4.78, 5) is 23.7. The average molecular weight is 292 g/mol. The number of hydrogen-bond donors (Lipinski definition) is 2. The highest BCUT2D eigenvalue weighted by molar-refractivity contribution is 7.91. The van der Waals surface area contributed by atoms with Crippen molar-refractivity contribution < 1.29 is 23.1 Å². The maximum absolute atomic E-state index is 11.8. The third-order valence-electron chi connectivity index (χ3n) is 2.97. The van der Waals surface area contributed by atoms with Crippen molar-refractivity contribution in [3.63, 3.8) is 0 Å². The number of hydrogen-bond acceptors (Lipinski definition) is 5. The average Bonchev–Trinajstić information content (AvgIpc) is 2.26. The second-order valence-electron chi connectivity index (χ2n) is 4.94. The molecule has 8 heteroatoms. The molecule has 0 spiro atoms. The first-order valence-corrected chi connectivity index (χ1v) is 8.22. The molecule has 110 valence electrons. The predicted molar refractivity (Wildman–Crippen MR) is 69.5 cm³/mol. The number of nitrogens with zero attached hydrogens (tertiary/aromatic N) is 1. The van der Waals surface area contributed by atoms with Crippen molar-refractivity contribution in [2.75, 3.05) is 38.2 Å². The van der Waals surface area contributed by atoms with E-state index in [2.05, 4.69) is 5.32 Å². The largest absolute Gasteiger partial charge is 0.480 e. The van der Waals surface area contributed by atoms with Gasteiger partial charge in [-0.2, -0.15) is 0 Å². The van der Waals surface area contributed by atoms with E-state index in [-0.39, 0.29) is 18.4 Å². The number of carbonyl (C=O) groups is 2. The van der Waals surface area contributed by atoms with Gasteiger partial charge in [-0.05, 0) is 18.8 Å². The highest BCUT2D eigenvalue weighted by atomic mass is 32.2. The van der Waals surface area contributed by atoms with E-state index in [1.54, 1.807) is 4.90 Å². The van der Waals surface area contributed by atoms with Crippen LogP contribution in [0.2, 0.25) is 0 Å². The molecule has 19 heavy (non-hydrogen) atoms. The van der Waals surface area contributed by atoms with Crippen LogP contribution in [0.1, 0.15) is 12.8 Å². The van der Waals surface area contributed by atoms with E-state index in [9.17, 15) is 18.0 Å². The van der Waals surface area contributed by atoms with Gasteiger partial charge in [0.2, 0.25) is 5.91 Å². The van der Waals surface area contributed by atoms with Crippen molar-refractivity contribution >= 4 is 21.7 Å². The lowest BCUT2D eigenvalue weighted by Crippen LogP contribution is -2.45. The quantitative estimate of drug-likeness (QED) is 0.647. The Morgan fingerprint density at radius 2 is 2.11 bits per heavy atom. The van der Waals surface area contributed by atoms with Gasteiger partial charge in [-0.1, -0.05) is 0 Å². The van der Waals surface area contributed by atoms with Crippen molar-refractivity contribution in [3.05, 3.63) is 0 Å². The fourth-order valence-electron chi connectivity index (χ4n) is 2.16. The number of rotatable bonds is 6. The monoisotopic (exact) mass is 292 g/mol. The van der Waals surface area contributed by atoms with Crippen molar-refractivity contribution in [1.82, 2.24) is 10.2 Å². The number of amides is 1. The van der Waals surface area contributed by atoms with Crippen molar-refractivity contribution in [2.24, 2.45) is 5.92 Å². The molecule has 1 fully saturated rings. The molecule has 1 saturated heterocycles.